The number of carbonyl (C=O) groups is 1. The second kappa shape index (κ2) is 3.17. The first-order chi connectivity index (χ1) is 3.18. The third-order valence-electron chi connectivity index (χ3n) is 0.378. The van der Waals surface area contributed by atoms with Gasteiger partial charge in [-0.25, -0.2) is 0 Å². The van der Waals surface area contributed by atoms with Crippen LogP contribution < -0.4 is 21.2 Å². The van der Waals surface area contributed by atoms with Crippen LogP contribution in [0.4, 0.5) is 4.39 Å². The van der Waals surface area contributed by atoms with Crippen LogP contribution in [0.25, 0.3) is 0 Å². The van der Waals surface area contributed by atoms with E-state index in [4.69, 9.17) is 5.11 Å². The first kappa shape index (κ1) is 7.13. The van der Waals surface area contributed by atoms with Gasteiger partial charge in [-0.3, -0.25) is 0 Å². The van der Waals surface area contributed by atoms with Crippen molar-refractivity contribution in [2.24, 2.45) is 0 Å². The number of carboxylic acid groups (broad SMARTS) is 1. The van der Waals surface area contributed by atoms with Gasteiger partial charge < -0.3 is 0 Å². The summed E-state index contributed by atoms with van der Waals surface area (Å²) in [5, 5.41) is 7.83. The van der Waals surface area contributed by atoms with E-state index in [0.717, 1.165) is 0 Å². The molecule has 1 atom stereocenters. The summed E-state index contributed by atoms with van der Waals surface area (Å²) in [6.45, 7) is 0. The minimum atomic E-state index is -1.57. The van der Waals surface area contributed by atoms with E-state index in [1.165, 1.54) is 0 Å². The summed E-state index contributed by atoms with van der Waals surface area (Å²) in [7, 11) is 0. The van der Waals surface area contributed by atoms with Gasteiger partial charge in [-0.1, -0.05) is 0 Å². The van der Waals surface area contributed by atoms with Crippen LogP contribution in [0.3, 0.4) is 0 Å². The van der Waals surface area contributed by atoms with Gasteiger partial charge in [-0.2, -0.15) is 0 Å². The Bertz CT molecular complexity index is 75.3. The first-order valence-corrected chi connectivity index (χ1v) is 4.93. The van der Waals surface area contributed by atoms with Gasteiger partial charge >= 0.3 is 50.6 Å². The van der Waals surface area contributed by atoms with Crippen molar-refractivity contribution in [1.82, 2.24) is 0 Å². The molecule has 0 aliphatic heterocycles. The van der Waals surface area contributed by atoms with Crippen molar-refractivity contribution in [3.63, 3.8) is 0 Å². The first-order valence-electron chi connectivity index (χ1n) is 1.53. The number of aliphatic carboxylic acids is 1. The number of alkyl halides is 3. The van der Waals surface area contributed by atoms with E-state index in [0.29, 0.717) is 0 Å². The van der Waals surface area contributed by atoms with Crippen molar-refractivity contribution in [3.05, 3.63) is 0 Å². The molecule has 4 heteroatoms. The molecular weight excluding hydrogens is 214 g/mol. The van der Waals surface area contributed by atoms with E-state index in [9.17, 15) is 9.18 Å². The van der Waals surface area contributed by atoms with Crippen LogP contribution >= 0.6 is 0 Å². The van der Waals surface area contributed by atoms with Gasteiger partial charge in [-0.15, -0.1) is 0 Å². The second-order valence-corrected chi connectivity index (χ2v) is 3.20. The molecule has 2 nitrogen and oxygen atoms in total. The van der Waals surface area contributed by atoms with Crippen LogP contribution in [0.5, 0.6) is 0 Å². The van der Waals surface area contributed by atoms with Gasteiger partial charge in [0.25, 0.3) is 0 Å². The van der Waals surface area contributed by atoms with Gasteiger partial charge in [0.1, 0.15) is 0 Å². The molecule has 0 aliphatic carbocycles. The normalized spacial score (nSPS) is 14.0. The van der Waals surface area contributed by atoms with Gasteiger partial charge in [0.15, 0.2) is 0 Å². The summed E-state index contributed by atoms with van der Waals surface area (Å²) in [5.74, 6) is -1.32. The number of hydrogen-bond acceptors (Lipinski definition) is 1. The van der Waals surface area contributed by atoms with Crippen LogP contribution in [0.15, 0.2) is 0 Å². The molecule has 44 valence electrons. The Hall–Kier alpha value is 0.130. The fourth-order valence-electron chi connectivity index (χ4n) is 0.0933. The van der Waals surface area contributed by atoms with E-state index in [2.05, 4.69) is 0 Å². The average molecular weight is 219 g/mol. The summed E-state index contributed by atoms with van der Waals surface area (Å²) < 4.78 is 10.1. The molecule has 0 fully saturated rings. The van der Waals surface area contributed by atoms with Crippen molar-refractivity contribution < 1.29 is 35.5 Å². The number of halogens is 2. The van der Waals surface area contributed by atoms with Crippen LogP contribution in [-0.4, -0.2) is 20.2 Å². The van der Waals surface area contributed by atoms with Gasteiger partial charge in [0, 0.05) is 0 Å². The number of rotatable bonds is 2. The molecule has 7 heavy (non-hydrogen) atoms. The Balaban J connectivity index is 3.34. The third kappa shape index (κ3) is 2.78. The molecule has 0 heterocycles. The number of hydrogen-bond donors (Lipinski definition) is 1. The molecule has 0 rings (SSSR count). The van der Waals surface area contributed by atoms with Crippen molar-refractivity contribution in [1.29, 1.82) is 0 Å². The average Bonchev–Trinajstić information content (AvgIpc) is 1.65. The van der Waals surface area contributed by atoms with Gasteiger partial charge in [-0.05, 0) is 0 Å². The zero-order valence-corrected chi connectivity index (χ0v) is 5.85. The molecule has 1 unspecified atom stereocenters. The topological polar surface area (TPSA) is 37.3 Å². The van der Waals surface area contributed by atoms with Crippen molar-refractivity contribution in [3.8, 4) is 0 Å². The van der Waals surface area contributed by atoms with E-state index >= 15 is 0 Å². The third-order valence-corrected chi connectivity index (χ3v) is 2.00. The van der Waals surface area contributed by atoms with E-state index in [-0.39, 0.29) is 0 Å². The van der Waals surface area contributed by atoms with Crippen molar-refractivity contribution in [2.45, 2.75) is 4.18 Å². The molecule has 0 saturated heterocycles. The van der Waals surface area contributed by atoms with Crippen LogP contribution in [0.1, 0.15) is 0 Å². The Kier molecular flexibility index (Phi) is 3.23. The summed E-state index contributed by atoms with van der Waals surface area (Å²) in [4.78, 5) is 11.2. The molecule has 0 radical (unpaired) electrons. The monoisotopic (exact) mass is 219 g/mol. The Morgan fingerprint density at radius 3 is 2.43 bits per heavy atom. The quantitative estimate of drug-likeness (QED) is 0.399. The summed E-state index contributed by atoms with van der Waals surface area (Å²) >= 11 is -0.762. The molecule has 0 aromatic rings. The van der Waals surface area contributed by atoms with Crippen LogP contribution in [0, 0.1) is 0 Å². The molecule has 0 spiro atoms. The zero-order valence-electron chi connectivity index (χ0n) is 3.69. The molecule has 0 aromatic carbocycles. The minimum absolute atomic E-state index is 0.762. The van der Waals surface area contributed by atoms with Crippen LogP contribution in [0.2, 0.25) is 0 Å². The van der Waals surface area contributed by atoms with Crippen molar-refractivity contribution in [2.75, 3.05) is 4.93 Å². The SMILES string of the molecule is C[I-]C(F)C(=O)O. The molecule has 0 bridgehead atoms. The standard InChI is InChI=1S/C3H5FIO2/c1-5-2(4)3(6)7/h2H,1H3,(H,6,7)/q-1. The maximum atomic E-state index is 11.7. The molecule has 0 aliphatic rings. The summed E-state index contributed by atoms with van der Waals surface area (Å²) in [5.41, 5.74) is 0. The molecule has 0 amide bonds. The zero-order chi connectivity index (χ0) is 5.86. The predicted molar refractivity (Wildman–Crippen MR) is 18.5 cm³/mol. The predicted octanol–water partition coefficient (Wildman–Crippen LogP) is -2.91. The number of carboxylic acids is 1. The molecule has 1 N–H and O–H groups in total. The maximum absolute atomic E-state index is 11.7. The Labute approximate surface area is 51.0 Å². The Morgan fingerprint density at radius 1 is 2.00 bits per heavy atom. The van der Waals surface area contributed by atoms with E-state index in [1.54, 1.807) is 4.93 Å². The fraction of sp³-hybridized carbons (Fsp3) is 0.667. The second-order valence-electron chi connectivity index (χ2n) is 0.857. The van der Waals surface area contributed by atoms with Gasteiger partial charge in [0.05, 0.1) is 0 Å². The molecule has 0 aromatic heterocycles. The molecule has 0 saturated carbocycles. The molecular formula is C3H5FIO2-. The summed E-state index contributed by atoms with van der Waals surface area (Å²) in [6.07, 6.45) is 0. The van der Waals surface area contributed by atoms with E-state index in [1.807, 2.05) is 0 Å². The Morgan fingerprint density at radius 2 is 2.43 bits per heavy atom. The van der Waals surface area contributed by atoms with Crippen LogP contribution in [-0.2, 0) is 4.79 Å². The summed E-state index contributed by atoms with van der Waals surface area (Å²) in [6, 6.07) is 0. The fourth-order valence-corrected chi connectivity index (χ4v) is 0.626. The van der Waals surface area contributed by atoms with E-state index < -0.39 is 31.4 Å². The van der Waals surface area contributed by atoms with Gasteiger partial charge in [0.2, 0.25) is 0 Å². The van der Waals surface area contributed by atoms with Crippen molar-refractivity contribution >= 4 is 5.97 Å².